The van der Waals surface area contributed by atoms with Gasteiger partial charge in [-0.3, -0.25) is 9.48 Å². The topological polar surface area (TPSA) is 107 Å². The first-order chi connectivity index (χ1) is 10.9. The Hall–Kier alpha value is -2.29. The molecule has 0 aromatic carbocycles. The zero-order valence-electron chi connectivity index (χ0n) is 12.9. The molecule has 2 aromatic heterocycles. The Bertz CT molecular complexity index is 845. The SMILES string of the molecule is Cc1nn(C2CCS(=O)(=O)C2)c(C)c1NC(=O)c1ccnnc1. The van der Waals surface area contributed by atoms with Crippen LogP contribution in [0, 0.1) is 13.8 Å². The molecular formula is C14H17N5O3S. The minimum atomic E-state index is -2.99. The highest BCUT2D eigenvalue weighted by Gasteiger charge is 2.31. The fraction of sp³-hybridized carbons (Fsp3) is 0.429. The molecule has 9 heteroatoms. The summed E-state index contributed by atoms with van der Waals surface area (Å²) in [4.78, 5) is 12.2. The predicted molar refractivity (Wildman–Crippen MR) is 84.0 cm³/mol. The lowest BCUT2D eigenvalue weighted by Crippen LogP contribution is -2.15. The molecule has 0 aliphatic carbocycles. The fourth-order valence-electron chi connectivity index (χ4n) is 2.78. The molecule has 1 fully saturated rings. The van der Waals surface area contributed by atoms with Crippen molar-refractivity contribution in [2.75, 3.05) is 16.8 Å². The van der Waals surface area contributed by atoms with Gasteiger partial charge in [0.1, 0.15) is 0 Å². The minimum Gasteiger partial charge on any atom is -0.319 e. The molecule has 1 aliphatic rings. The predicted octanol–water partition coefficient (Wildman–Crippen LogP) is 0.902. The Morgan fingerprint density at radius 3 is 2.74 bits per heavy atom. The van der Waals surface area contributed by atoms with Crippen LogP contribution in [-0.2, 0) is 9.84 Å². The zero-order valence-corrected chi connectivity index (χ0v) is 13.7. The summed E-state index contributed by atoms with van der Waals surface area (Å²) in [5.41, 5.74) is 2.41. The molecule has 23 heavy (non-hydrogen) atoms. The lowest BCUT2D eigenvalue weighted by molar-refractivity contribution is 0.102. The van der Waals surface area contributed by atoms with E-state index in [0.29, 0.717) is 23.4 Å². The number of hydrogen-bond donors (Lipinski definition) is 1. The molecule has 1 amide bonds. The second kappa shape index (κ2) is 5.73. The minimum absolute atomic E-state index is 0.0939. The van der Waals surface area contributed by atoms with Crippen LogP contribution < -0.4 is 5.32 Å². The van der Waals surface area contributed by atoms with Gasteiger partial charge in [0.2, 0.25) is 0 Å². The van der Waals surface area contributed by atoms with Gasteiger partial charge >= 0.3 is 0 Å². The number of carbonyl (C=O) groups is 1. The number of nitrogens with one attached hydrogen (secondary N) is 1. The van der Waals surface area contributed by atoms with E-state index in [4.69, 9.17) is 0 Å². The normalized spacial score (nSPS) is 19.7. The molecule has 1 N–H and O–H groups in total. The van der Waals surface area contributed by atoms with E-state index >= 15 is 0 Å². The molecule has 1 aliphatic heterocycles. The summed E-state index contributed by atoms with van der Waals surface area (Å²) in [6.07, 6.45) is 3.38. The average Bonchev–Trinajstić information content (AvgIpc) is 3.01. The number of sulfone groups is 1. The van der Waals surface area contributed by atoms with Crippen molar-refractivity contribution in [3.63, 3.8) is 0 Å². The van der Waals surface area contributed by atoms with Crippen molar-refractivity contribution in [3.05, 3.63) is 35.4 Å². The number of aromatic nitrogens is 4. The Kier molecular flexibility index (Phi) is 3.88. The van der Waals surface area contributed by atoms with E-state index in [1.165, 1.54) is 12.4 Å². The summed E-state index contributed by atoms with van der Waals surface area (Å²) in [7, 11) is -2.99. The molecule has 3 rings (SSSR count). The van der Waals surface area contributed by atoms with Crippen LogP contribution in [0.25, 0.3) is 0 Å². The fourth-order valence-corrected chi connectivity index (χ4v) is 4.47. The number of carbonyl (C=O) groups excluding carboxylic acids is 1. The number of amides is 1. The average molecular weight is 335 g/mol. The van der Waals surface area contributed by atoms with Crippen LogP contribution in [0.15, 0.2) is 18.5 Å². The second-order valence-electron chi connectivity index (χ2n) is 5.63. The molecule has 0 bridgehead atoms. The summed E-state index contributed by atoms with van der Waals surface area (Å²) in [5, 5.41) is 14.5. The maximum atomic E-state index is 12.2. The van der Waals surface area contributed by atoms with Crippen molar-refractivity contribution in [1.82, 2.24) is 20.0 Å². The third-order valence-electron chi connectivity index (χ3n) is 3.96. The number of nitrogens with zero attached hydrogens (tertiary/aromatic N) is 4. The van der Waals surface area contributed by atoms with Crippen LogP contribution >= 0.6 is 0 Å². The Labute approximate surface area is 133 Å². The van der Waals surface area contributed by atoms with Crippen LogP contribution in [0.3, 0.4) is 0 Å². The van der Waals surface area contributed by atoms with Crippen LogP contribution in [-0.4, -0.2) is 45.8 Å². The number of hydrogen-bond acceptors (Lipinski definition) is 6. The highest BCUT2D eigenvalue weighted by atomic mass is 32.2. The molecule has 0 radical (unpaired) electrons. The molecule has 1 atom stereocenters. The van der Waals surface area contributed by atoms with E-state index in [9.17, 15) is 13.2 Å². The van der Waals surface area contributed by atoms with Crippen molar-refractivity contribution in [3.8, 4) is 0 Å². The number of aryl methyl sites for hydroxylation is 1. The second-order valence-corrected chi connectivity index (χ2v) is 7.86. The van der Waals surface area contributed by atoms with Crippen LogP contribution in [0.2, 0.25) is 0 Å². The largest absolute Gasteiger partial charge is 0.319 e. The summed E-state index contributed by atoms with van der Waals surface area (Å²) in [6, 6.07) is 1.40. The van der Waals surface area contributed by atoms with E-state index in [2.05, 4.69) is 20.6 Å². The van der Waals surface area contributed by atoms with Gasteiger partial charge in [-0.25, -0.2) is 8.42 Å². The van der Waals surface area contributed by atoms with Gasteiger partial charge in [0.15, 0.2) is 9.84 Å². The van der Waals surface area contributed by atoms with Gasteiger partial charge in [0.05, 0.1) is 52.6 Å². The van der Waals surface area contributed by atoms with Crippen LogP contribution in [0.1, 0.15) is 34.2 Å². The maximum absolute atomic E-state index is 12.2. The lowest BCUT2D eigenvalue weighted by Gasteiger charge is -2.11. The zero-order chi connectivity index (χ0) is 16.6. The summed E-state index contributed by atoms with van der Waals surface area (Å²) in [6.45, 7) is 3.61. The first-order valence-corrected chi connectivity index (χ1v) is 9.04. The molecule has 122 valence electrons. The third-order valence-corrected chi connectivity index (χ3v) is 5.71. The monoisotopic (exact) mass is 335 g/mol. The van der Waals surface area contributed by atoms with Crippen molar-refractivity contribution >= 4 is 21.4 Å². The molecule has 3 heterocycles. The van der Waals surface area contributed by atoms with Gasteiger partial charge in [0, 0.05) is 0 Å². The van der Waals surface area contributed by atoms with Gasteiger partial charge in [-0.2, -0.15) is 15.3 Å². The Balaban J connectivity index is 1.86. The first kappa shape index (κ1) is 15.6. The maximum Gasteiger partial charge on any atom is 0.257 e. The number of rotatable bonds is 3. The standard InChI is InChI=1S/C14H17N5O3S/c1-9-13(17-14(20)11-3-5-15-16-7-11)10(2)19(18-9)12-4-6-23(21,22)8-12/h3,5,7,12H,4,6,8H2,1-2H3,(H,17,20). The molecule has 0 spiro atoms. The van der Waals surface area contributed by atoms with Gasteiger partial charge in [-0.1, -0.05) is 0 Å². The van der Waals surface area contributed by atoms with Gasteiger partial charge < -0.3 is 5.32 Å². The van der Waals surface area contributed by atoms with Crippen LogP contribution in [0.4, 0.5) is 5.69 Å². The van der Waals surface area contributed by atoms with E-state index in [-0.39, 0.29) is 23.5 Å². The highest BCUT2D eigenvalue weighted by molar-refractivity contribution is 7.91. The van der Waals surface area contributed by atoms with Gasteiger partial charge in [-0.15, -0.1) is 0 Å². The van der Waals surface area contributed by atoms with Crippen molar-refractivity contribution in [1.29, 1.82) is 0 Å². The lowest BCUT2D eigenvalue weighted by atomic mass is 10.2. The summed E-state index contributed by atoms with van der Waals surface area (Å²) < 4.78 is 25.0. The molecule has 8 nitrogen and oxygen atoms in total. The smallest absolute Gasteiger partial charge is 0.257 e. The Morgan fingerprint density at radius 1 is 1.35 bits per heavy atom. The van der Waals surface area contributed by atoms with E-state index < -0.39 is 9.84 Å². The third kappa shape index (κ3) is 3.09. The van der Waals surface area contributed by atoms with E-state index in [0.717, 1.165) is 5.69 Å². The Morgan fingerprint density at radius 2 is 2.13 bits per heavy atom. The first-order valence-electron chi connectivity index (χ1n) is 7.21. The van der Waals surface area contributed by atoms with Gasteiger partial charge in [-0.05, 0) is 26.3 Å². The highest BCUT2D eigenvalue weighted by Crippen LogP contribution is 2.29. The van der Waals surface area contributed by atoms with Gasteiger partial charge in [0.25, 0.3) is 5.91 Å². The van der Waals surface area contributed by atoms with E-state index in [1.54, 1.807) is 17.7 Å². The van der Waals surface area contributed by atoms with E-state index in [1.807, 2.05) is 6.92 Å². The molecule has 2 aromatic rings. The molecular weight excluding hydrogens is 318 g/mol. The number of anilines is 1. The van der Waals surface area contributed by atoms with Crippen molar-refractivity contribution < 1.29 is 13.2 Å². The van der Waals surface area contributed by atoms with Crippen LogP contribution in [0.5, 0.6) is 0 Å². The quantitative estimate of drug-likeness (QED) is 0.893. The van der Waals surface area contributed by atoms with Crippen molar-refractivity contribution in [2.45, 2.75) is 26.3 Å². The summed E-state index contributed by atoms with van der Waals surface area (Å²) >= 11 is 0. The van der Waals surface area contributed by atoms with Crippen molar-refractivity contribution in [2.24, 2.45) is 0 Å². The molecule has 1 unspecified atom stereocenters. The summed E-state index contributed by atoms with van der Waals surface area (Å²) in [5.74, 6) is -0.0264. The molecule has 1 saturated heterocycles. The molecule has 0 saturated carbocycles.